The number of aromatic nitrogens is 2. The minimum Gasteiger partial charge on any atom is -0.454 e. The molecule has 5 rings (SSSR count). The molecular formula is C27H24FN5O4. The average molecular weight is 502 g/mol. The van der Waals surface area contributed by atoms with Crippen LogP contribution in [-0.4, -0.2) is 33.5 Å². The summed E-state index contributed by atoms with van der Waals surface area (Å²) in [6.07, 6.45) is 1.43. The van der Waals surface area contributed by atoms with Gasteiger partial charge in [-0.2, -0.15) is 0 Å². The predicted molar refractivity (Wildman–Crippen MR) is 135 cm³/mol. The molecule has 0 aliphatic carbocycles. The normalized spacial score (nSPS) is 12.6. The monoisotopic (exact) mass is 501 g/mol. The Balaban J connectivity index is 1.30. The van der Waals surface area contributed by atoms with Gasteiger partial charge in [-0.15, -0.1) is 0 Å². The van der Waals surface area contributed by atoms with Crippen molar-refractivity contribution in [3.63, 3.8) is 0 Å². The Kier molecular flexibility index (Phi) is 6.55. The van der Waals surface area contributed by atoms with Crippen molar-refractivity contribution in [1.29, 1.82) is 0 Å². The van der Waals surface area contributed by atoms with Crippen LogP contribution in [0.2, 0.25) is 0 Å². The summed E-state index contributed by atoms with van der Waals surface area (Å²) >= 11 is 0. The summed E-state index contributed by atoms with van der Waals surface area (Å²) in [6.45, 7) is 4.38. The minimum atomic E-state index is -0.616. The van der Waals surface area contributed by atoms with Crippen LogP contribution in [0.15, 0.2) is 65.3 Å². The summed E-state index contributed by atoms with van der Waals surface area (Å²) in [5.41, 5.74) is 2.94. The number of hydrogen-bond donors (Lipinski definition) is 2. The smallest absolute Gasteiger partial charge is 0.323 e. The first-order valence-electron chi connectivity index (χ1n) is 11.7. The summed E-state index contributed by atoms with van der Waals surface area (Å²) in [5, 5.41) is 9.61. The van der Waals surface area contributed by atoms with Crippen LogP contribution in [0.3, 0.4) is 0 Å². The molecule has 0 fully saturated rings. The van der Waals surface area contributed by atoms with Crippen molar-refractivity contribution in [3.05, 3.63) is 83.5 Å². The zero-order valence-electron chi connectivity index (χ0n) is 20.2. The van der Waals surface area contributed by atoms with E-state index >= 15 is 0 Å². The standard InChI is InChI=1S/C27H24FN5O4/c1-3-33-15-19-21(11-12-29-26(19)31-27(33)35)36-22-10-9-17(13-20(22)28)14-23(34)30-24-16(2)37-32-25(24)18-7-5-4-6-8-18/h4-13H,3,14-15H2,1-2H3,(H,30,34)(H,29,31,35). The van der Waals surface area contributed by atoms with Crippen LogP contribution < -0.4 is 15.4 Å². The van der Waals surface area contributed by atoms with Crippen LogP contribution in [0.5, 0.6) is 11.5 Å². The van der Waals surface area contributed by atoms with Gasteiger partial charge in [0.1, 0.15) is 22.9 Å². The van der Waals surface area contributed by atoms with Crippen LogP contribution >= 0.6 is 0 Å². The minimum absolute atomic E-state index is 0.00116. The number of carbonyl (C=O) groups excluding carboxylic acids is 2. The van der Waals surface area contributed by atoms with Gasteiger partial charge in [0.2, 0.25) is 5.91 Å². The molecule has 2 aromatic heterocycles. The van der Waals surface area contributed by atoms with Crippen molar-refractivity contribution in [2.24, 2.45) is 0 Å². The molecule has 3 amide bonds. The highest BCUT2D eigenvalue weighted by Crippen LogP contribution is 2.34. The Morgan fingerprint density at radius 1 is 1.19 bits per heavy atom. The fourth-order valence-electron chi connectivity index (χ4n) is 4.07. The first-order valence-corrected chi connectivity index (χ1v) is 11.7. The van der Waals surface area contributed by atoms with Gasteiger partial charge in [0.15, 0.2) is 17.3 Å². The number of halogens is 1. The number of nitrogens with zero attached hydrogens (tertiary/aromatic N) is 3. The quantitative estimate of drug-likeness (QED) is 0.345. The molecule has 0 unspecified atom stereocenters. The maximum absolute atomic E-state index is 15.0. The number of fused-ring (bicyclic) bond motifs is 1. The molecule has 2 aromatic carbocycles. The number of hydrogen-bond acceptors (Lipinski definition) is 6. The number of amides is 3. The Bertz CT molecular complexity index is 1470. The van der Waals surface area contributed by atoms with E-state index in [0.717, 1.165) is 5.56 Å². The number of rotatable bonds is 7. The Morgan fingerprint density at radius 3 is 2.76 bits per heavy atom. The lowest BCUT2D eigenvalue weighted by Gasteiger charge is -2.28. The molecular weight excluding hydrogens is 477 g/mol. The Hall–Kier alpha value is -4.73. The number of nitrogens with one attached hydrogen (secondary N) is 2. The number of benzene rings is 2. The summed E-state index contributed by atoms with van der Waals surface area (Å²) in [6, 6.07) is 15.1. The molecule has 4 aromatic rings. The number of pyridine rings is 1. The van der Waals surface area contributed by atoms with Gasteiger partial charge in [-0.1, -0.05) is 41.6 Å². The first-order chi connectivity index (χ1) is 17.9. The lowest BCUT2D eigenvalue weighted by atomic mass is 10.1. The molecule has 37 heavy (non-hydrogen) atoms. The SMILES string of the molecule is CCN1Cc2c(Oc3ccc(CC(=O)Nc4c(-c5ccccc5)noc4C)cc3F)ccnc2NC1=O. The lowest BCUT2D eigenvalue weighted by Crippen LogP contribution is -2.38. The second kappa shape index (κ2) is 10.1. The van der Waals surface area contributed by atoms with Gasteiger partial charge in [0, 0.05) is 18.3 Å². The molecule has 0 radical (unpaired) electrons. The number of anilines is 2. The third-order valence-corrected chi connectivity index (χ3v) is 6.01. The number of aryl methyl sites for hydroxylation is 1. The number of carbonyl (C=O) groups is 2. The van der Waals surface area contributed by atoms with Gasteiger partial charge in [-0.3, -0.25) is 10.1 Å². The van der Waals surface area contributed by atoms with Gasteiger partial charge in [-0.25, -0.2) is 14.2 Å². The van der Waals surface area contributed by atoms with Crippen molar-refractivity contribution in [3.8, 4) is 22.8 Å². The summed E-state index contributed by atoms with van der Waals surface area (Å²) < 4.78 is 26.1. The largest absolute Gasteiger partial charge is 0.454 e. The molecule has 1 aliphatic rings. The fourth-order valence-corrected chi connectivity index (χ4v) is 4.07. The van der Waals surface area contributed by atoms with E-state index in [9.17, 15) is 14.0 Å². The van der Waals surface area contributed by atoms with E-state index < -0.39 is 5.82 Å². The van der Waals surface area contributed by atoms with E-state index in [1.807, 2.05) is 37.3 Å². The maximum Gasteiger partial charge on any atom is 0.323 e. The van der Waals surface area contributed by atoms with E-state index in [4.69, 9.17) is 9.26 Å². The Morgan fingerprint density at radius 2 is 2.00 bits per heavy atom. The van der Waals surface area contributed by atoms with Crippen molar-refractivity contribution in [2.45, 2.75) is 26.8 Å². The van der Waals surface area contributed by atoms with Crippen LogP contribution in [-0.2, 0) is 17.8 Å². The summed E-state index contributed by atoms with van der Waals surface area (Å²) in [4.78, 5) is 30.6. The van der Waals surface area contributed by atoms with E-state index in [1.54, 1.807) is 24.0 Å². The Labute approximate surface area is 212 Å². The highest BCUT2D eigenvalue weighted by Gasteiger charge is 2.26. The number of ether oxygens (including phenoxy) is 1. The second-order valence-electron chi connectivity index (χ2n) is 8.50. The summed E-state index contributed by atoms with van der Waals surface area (Å²) in [5.74, 6) is 0.299. The van der Waals surface area contributed by atoms with Crippen LogP contribution in [0.4, 0.5) is 20.7 Å². The molecule has 0 atom stereocenters. The maximum atomic E-state index is 15.0. The zero-order valence-corrected chi connectivity index (χ0v) is 20.2. The highest BCUT2D eigenvalue weighted by atomic mass is 19.1. The molecule has 2 N–H and O–H groups in total. The van der Waals surface area contributed by atoms with Crippen molar-refractivity contribution in [2.75, 3.05) is 17.2 Å². The van der Waals surface area contributed by atoms with Crippen molar-refractivity contribution >= 4 is 23.4 Å². The molecule has 3 heterocycles. The topological polar surface area (TPSA) is 110 Å². The molecule has 188 valence electrons. The second-order valence-corrected chi connectivity index (χ2v) is 8.50. The van der Waals surface area contributed by atoms with Crippen LogP contribution in [0, 0.1) is 12.7 Å². The van der Waals surface area contributed by atoms with E-state index in [2.05, 4.69) is 20.8 Å². The zero-order chi connectivity index (χ0) is 25.9. The predicted octanol–water partition coefficient (Wildman–Crippen LogP) is 5.53. The van der Waals surface area contributed by atoms with Gasteiger partial charge >= 0.3 is 6.03 Å². The molecule has 0 saturated carbocycles. The molecule has 9 nitrogen and oxygen atoms in total. The van der Waals surface area contributed by atoms with E-state index in [1.165, 1.54) is 18.3 Å². The third kappa shape index (κ3) is 4.99. The van der Waals surface area contributed by atoms with Crippen LogP contribution in [0.25, 0.3) is 11.3 Å². The number of urea groups is 1. The third-order valence-electron chi connectivity index (χ3n) is 6.01. The van der Waals surface area contributed by atoms with Crippen molar-refractivity contribution in [1.82, 2.24) is 15.0 Å². The van der Waals surface area contributed by atoms with Gasteiger partial charge < -0.3 is 19.5 Å². The average Bonchev–Trinajstić information content (AvgIpc) is 3.25. The first kappa shape index (κ1) is 24.0. The van der Waals surface area contributed by atoms with E-state index in [0.29, 0.717) is 52.9 Å². The van der Waals surface area contributed by atoms with E-state index in [-0.39, 0.29) is 24.1 Å². The molecule has 0 bridgehead atoms. The summed E-state index contributed by atoms with van der Waals surface area (Å²) in [7, 11) is 0. The highest BCUT2D eigenvalue weighted by molar-refractivity contribution is 5.96. The van der Waals surface area contributed by atoms with Gasteiger partial charge in [-0.05, 0) is 37.6 Å². The van der Waals surface area contributed by atoms with Gasteiger partial charge in [0.05, 0.1) is 18.5 Å². The lowest BCUT2D eigenvalue weighted by molar-refractivity contribution is -0.115. The fraction of sp³-hybridized carbons (Fsp3) is 0.185. The molecule has 10 heteroatoms. The molecule has 0 saturated heterocycles. The molecule has 0 spiro atoms. The molecule has 1 aliphatic heterocycles. The van der Waals surface area contributed by atoms with Crippen LogP contribution in [0.1, 0.15) is 23.8 Å². The van der Waals surface area contributed by atoms with Gasteiger partial charge in [0.25, 0.3) is 0 Å². The van der Waals surface area contributed by atoms with Crippen molar-refractivity contribution < 1.29 is 23.2 Å².